The number of rotatable bonds is 5. The van der Waals surface area contributed by atoms with Crippen molar-refractivity contribution in [3.8, 4) is 0 Å². The molecule has 4 rings (SSSR count). The van der Waals surface area contributed by atoms with Crippen molar-refractivity contribution in [2.75, 3.05) is 18.5 Å². The minimum atomic E-state index is 0.291. The number of anilines is 1. The molecule has 1 aliphatic heterocycles. The molecule has 1 N–H and O–H groups in total. The van der Waals surface area contributed by atoms with Crippen molar-refractivity contribution in [2.24, 2.45) is 0 Å². The number of aromatic nitrogens is 4. The van der Waals surface area contributed by atoms with Crippen LogP contribution in [0.2, 0.25) is 0 Å². The predicted molar refractivity (Wildman–Crippen MR) is 95.8 cm³/mol. The van der Waals surface area contributed by atoms with E-state index in [-0.39, 0.29) is 0 Å². The Morgan fingerprint density at radius 2 is 2.29 bits per heavy atom. The summed E-state index contributed by atoms with van der Waals surface area (Å²) in [5, 5.41) is 14.6. The highest BCUT2D eigenvalue weighted by Crippen LogP contribution is 2.34. The van der Waals surface area contributed by atoms with Crippen LogP contribution in [0.1, 0.15) is 18.4 Å². The minimum absolute atomic E-state index is 0.291. The van der Waals surface area contributed by atoms with Gasteiger partial charge in [0.05, 0.1) is 11.6 Å². The van der Waals surface area contributed by atoms with Crippen LogP contribution in [-0.4, -0.2) is 39.4 Å². The Labute approximate surface area is 148 Å². The standard InChI is InChI=1S/C16H17N5OS2/c1-10-4-5-13-12(7-10)14(19-9-18-13)23-16-21-20-15(24-16)17-8-11-3-2-6-22-11/h4-5,7,9,11H,2-3,6,8H2,1H3,(H,17,20). The van der Waals surface area contributed by atoms with E-state index in [1.54, 1.807) is 6.33 Å². The molecule has 0 spiro atoms. The van der Waals surface area contributed by atoms with Crippen LogP contribution in [0.5, 0.6) is 0 Å². The Bertz CT molecular complexity index is 847. The first kappa shape index (κ1) is 15.7. The molecule has 0 radical (unpaired) electrons. The van der Waals surface area contributed by atoms with E-state index in [1.165, 1.54) is 28.7 Å². The lowest BCUT2D eigenvalue weighted by Crippen LogP contribution is -2.18. The van der Waals surface area contributed by atoms with Gasteiger partial charge in [0.15, 0.2) is 4.34 Å². The van der Waals surface area contributed by atoms with E-state index < -0.39 is 0 Å². The van der Waals surface area contributed by atoms with Crippen LogP contribution >= 0.6 is 23.1 Å². The summed E-state index contributed by atoms with van der Waals surface area (Å²) in [6, 6.07) is 6.18. The van der Waals surface area contributed by atoms with E-state index in [2.05, 4.69) is 44.5 Å². The third-order valence-corrected chi connectivity index (χ3v) is 5.80. The van der Waals surface area contributed by atoms with Gasteiger partial charge in [-0.05, 0) is 43.7 Å². The Hall–Kier alpha value is -1.77. The zero-order valence-corrected chi connectivity index (χ0v) is 14.9. The maximum Gasteiger partial charge on any atom is 0.206 e. The van der Waals surface area contributed by atoms with Crippen LogP contribution in [0.15, 0.2) is 33.9 Å². The molecule has 1 saturated heterocycles. The average molecular weight is 359 g/mol. The van der Waals surface area contributed by atoms with Crippen molar-refractivity contribution in [1.29, 1.82) is 0 Å². The van der Waals surface area contributed by atoms with E-state index in [4.69, 9.17) is 4.74 Å². The molecule has 124 valence electrons. The van der Waals surface area contributed by atoms with Crippen molar-refractivity contribution in [2.45, 2.75) is 35.2 Å². The molecule has 0 aliphatic carbocycles. The molecular weight excluding hydrogens is 342 g/mol. The Morgan fingerprint density at radius 3 is 3.17 bits per heavy atom. The molecule has 1 aliphatic rings. The smallest absolute Gasteiger partial charge is 0.206 e. The Morgan fingerprint density at radius 1 is 1.33 bits per heavy atom. The zero-order valence-electron chi connectivity index (χ0n) is 13.2. The third kappa shape index (κ3) is 3.50. The van der Waals surface area contributed by atoms with Gasteiger partial charge in [0.2, 0.25) is 5.13 Å². The number of hydrogen-bond acceptors (Lipinski definition) is 8. The maximum atomic E-state index is 5.61. The summed E-state index contributed by atoms with van der Waals surface area (Å²) >= 11 is 3.06. The van der Waals surface area contributed by atoms with E-state index >= 15 is 0 Å². The van der Waals surface area contributed by atoms with Gasteiger partial charge in [-0.2, -0.15) is 0 Å². The molecule has 0 saturated carbocycles. The first-order chi connectivity index (χ1) is 11.8. The summed E-state index contributed by atoms with van der Waals surface area (Å²) in [4.78, 5) is 8.73. The Kier molecular flexibility index (Phi) is 4.59. The van der Waals surface area contributed by atoms with Crippen LogP contribution in [0.25, 0.3) is 10.9 Å². The van der Waals surface area contributed by atoms with E-state index in [0.29, 0.717) is 6.10 Å². The van der Waals surface area contributed by atoms with Gasteiger partial charge in [-0.25, -0.2) is 9.97 Å². The monoisotopic (exact) mass is 359 g/mol. The number of ether oxygens (including phenoxy) is 1. The predicted octanol–water partition coefficient (Wildman–Crippen LogP) is 3.53. The Balaban J connectivity index is 1.48. The number of nitrogens with one attached hydrogen (secondary N) is 1. The fourth-order valence-corrected chi connectivity index (χ4v) is 4.38. The van der Waals surface area contributed by atoms with Crippen LogP contribution in [0.4, 0.5) is 5.13 Å². The first-order valence-electron chi connectivity index (χ1n) is 7.86. The second kappa shape index (κ2) is 7.00. The summed E-state index contributed by atoms with van der Waals surface area (Å²) in [7, 11) is 0. The highest BCUT2D eigenvalue weighted by Gasteiger charge is 2.16. The largest absolute Gasteiger partial charge is 0.376 e. The van der Waals surface area contributed by atoms with Crippen LogP contribution in [0.3, 0.4) is 0 Å². The molecule has 1 atom stereocenters. The summed E-state index contributed by atoms with van der Waals surface area (Å²) in [5.74, 6) is 0. The van der Waals surface area contributed by atoms with Crippen molar-refractivity contribution in [1.82, 2.24) is 20.2 Å². The van der Waals surface area contributed by atoms with Crippen molar-refractivity contribution >= 4 is 39.1 Å². The summed E-state index contributed by atoms with van der Waals surface area (Å²) in [6.45, 7) is 3.72. The molecule has 24 heavy (non-hydrogen) atoms. The maximum absolute atomic E-state index is 5.61. The van der Waals surface area contributed by atoms with Gasteiger partial charge in [-0.3, -0.25) is 0 Å². The molecule has 6 nitrogen and oxygen atoms in total. The molecule has 8 heteroatoms. The number of nitrogens with zero attached hydrogens (tertiary/aromatic N) is 4. The minimum Gasteiger partial charge on any atom is -0.376 e. The molecule has 1 unspecified atom stereocenters. The molecule has 3 heterocycles. The van der Waals surface area contributed by atoms with Gasteiger partial charge in [0.1, 0.15) is 11.4 Å². The molecule has 1 aromatic carbocycles. The third-order valence-electron chi connectivity index (χ3n) is 3.85. The molecule has 1 fully saturated rings. The topological polar surface area (TPSA) is 72.8 Å². The van der Waals surface area contributed by atoms with Gasteiger partial charge in [-0.1, -0.05) is 23.0 Å². The first-order valence-corrected chi connectivity index (χ1v) is 9.49. The molecule has 0 bridgehead atoms. The van der Waals surface area contributed by atoms with Gasteiger partial charge in [0.25, 0.3) is 0 Å². The van der Waals surface area contributed by atoms with Gasteiger partial charge < -0.3 is 10.1 Å². The average Bonchev–Trinajstić information content (AvgIpc) is 3.25. The molecule has 3 aromatic rings. The SMILES string of the molecule is Cc1ccc2ncnc(Sc3nnc(NCC4CCCO4)s3)c2c1. The second-order valence-electron chi connectivity index (χ2n) is 5.69. The van der Waals surface area contributed by atoms with Gasteiger partial charge in [0, 0.05) is 18.5 Å². The van der Waals surface area contributed by atoms with Gasteiger partial charge >= 0.3 is 0 Å². The normalized spacial score (nSPS) is 17.5. The lowest BCUT2D eigenvalue weighted by atomic mass is 10.2. The number of aryl methyl sites for hydroxylation is 1. The van der Waals surface area contributed by atoms with Crippen molar-refractivity contribution < 1.29 is 4.74 Å². The zero-order chi connectivity index (χ0) is 16.4. The van der Waals surface area contributed by atoms with E-state index in [9.17, 15) is 0 Å². The van der Waals surface area contributed by atoms with Gasteiger partial charge in [-0.15, -0.1) is 10.2 Å². The fourth-order valence-electron chi connectivity index (χ4n) is 2.64. The molecule has 2 aromatic heterocycles. The van der Waals surface area contributed by atoms with Crippen LogP contribution in [-0.2, 0) is 4.74 Å². The van der Waals surface area contributed by atoms with Crippen molar-refractivity contribution in [3.63, 3.8) is 0 Å². The number of benzene rings is 1. The van der Waals surface area contributed by atoms with Crippen molar-refractivity contribution in [3.05, 3.63) is 30.1 Å². The number of hydrogen-bond donors (Lipinski definition) is 1. The lowest BCUT2D eigenvalue weighted by Gasteiger charge is -2.08. The molecule has 0 amide bonds. The van der Waals surface area contributed by atoms with Crippen LogP contribution in [0, 0.1) is 6.92 Å². The second-order valence-corrected chi connectivity index (χ2v) is 7.90. The fraction of sp³-hybridized carbons (Fsp3) is 0.375. The summed E-state index contributed by atoms with van der Waals surface area (Å²) in [6.07, 6.45) is 4.14. The number of fused-ring (bicyclic) bond motifs is 1. The quantitative estimate of drug-likeness (QED) is 0.699. The van der Waals surface area contributed by atoms with E-state index in [1.807, 2.05) is 6.07 Å². The van der Waals surface area contributed by atoms with E-state index in [0.717, 1.165) is 51.4 Å². The molecular formula is C16H17N5OS2. The highest BCUT2D eigenvalue weighted by atomic mass is 32.2. The lowest BCUT2D eigenvalue weighted by molar-refractivity contribution is 0.120. The summed E-state index contributed by atoms with van der Waals surface area (Å²) in [5.41, 5.74) is 2.13. The van der Waals surface area contributed by atoms with Crippen LogP contribution < -0.4 is 5.32 Å². The summed E-state index contributed by atoms with van der Waals surface area (Å²) < 4.78 is 6.48. The highest BCUT2D eigenvalue weighted by molar-refractivity contribution is 8.01.